The zero-order valence-electron chi connectivity index (χ0n) is 18.4. The number of nitrogens with zero attached hydrogens (tertiary/aromatic N) is 3. The number of benzene rings is 2. The van der Waals surface area contributed by atoms with Crippen LogP contribution in [0.5, 0.6) is 5.75 Å². The quantitative estimate of drug-likeness (QED) is 0.385. The molecule has 4 rings (SSSR count). The molecule has 0 N–H and O–H groups in total. The molecule has 0 amide bonds. The Balaban J connectivity index is 1.50. The first-order valence-corrected chi connectivity index (χ1v) is 11.6. The molecule has 0 aliphatic rings. The average molecular weight is 466 g/mol. The van der Waals surface area contributed by atoms with Crippen molar-refractivity contribution in [2.75, 3.05) is 18.5 Å². The summed E-state index contributed by atoms with van der Waals surface area (Å²) < 4.78 is 39.7. The summed E-state index contributed by atoms with van der Waals surface area (Å²) >= 11 is 0. The summed E-state index contributed by atoms with van der Waals surface area (Å²) in [4.78, 5) is 17.1. The van der Waals surface area contributed by atoms with Gasteiger partial charge in [-0.25, -0.2) is 18.2 Å². The van der Waals surface area contributed by atoms with E-state index in [4.69, 9.17) is 9.47 Å². The SMILES string of the molecule is COc1ccc(N(C)S(=O)(=O)c2cccc(C(=O)OCc3cn4cccc(C)c4n3)c2)cc1. The number of hydrogen-bond acceptors (Lipinski definition) is 6. The van der Waals surface area contributed by atoms with Crippen LogP contribution in [-0.4, -0.2) is 37.9 Å². The highest BCUT2D eigenvalue weighted by molar-refractivity contribution is 7.92. The third-order valence-corrected chi connectivity index (χ3v) is 7.02. The molecule has 0 atom stereocenters. The Bertz CT molecular complexity index is 1410. The molecule has 0 radical (unpaired) electrons. The lowest BCUT2D eigenvalue weighted by atomic mass is 10.2. The van der Waals surface area contributed by atoms with Crippen molar-refractivity contribution >= 4 is 27.3 Å². The van der Waals surface area contributed by atoms with Gasteiger partial charge in [0.1, 0.15) is 18.0 Å². The summed E-state index contributed by atoms with van der Waals surface area (Å²) in [5.41, 5.74) is 3.00. The van der Waals surface area contributed by atoms with Crippen LogP contribution in [0.1, 0.15) is 21.6 Å². The molecule has 0 aliphatic carbocycles. The first kappa shape index (κ1) is 22.3. The number of anilines is 1. The first-order chi connectivity index (χ1) is 15.8. The number of aryl methyl sites for hydroxylation is 1. The van der Waals surface area contributed by atoms with Gasteiger partial charge in [-0.15, -0.1) is 0 Å². The van der Waals surface area contributed by atoms with Gasteiger partial charge < -0.3 is 13.9 Å². The van der Waals surface area contributed by atoms with Crippen molar-refractivity contribution in [2.24, 2.45) is 0 Å². The van der Waals surface area contributed by atoms with Crippen molar-refractivity contribution in [3.05, 3.63) is 89.9 Å². The van der Waals surface area contributed by atoms with E-state index in [1.165, 1.54) is 38.4 Å². The van der Waals surface area contributed by atoms with Gasteiger partial charge >= 0.3 is 5.97 Å². The molecule has 0 fully saturated rings. The van der Waals surface area contributed by atoms with Crippen molar-refractivity contribution in [2.45, 2.75) is 18.4 Å². The largest absolute Gasteiger partial charge is 0.497 e. The Kier molecular flexibility index (Phi) is 6.06. The van der Waals surface area contributed by atoms with Gasteiger partial charge in [0.15, 0.2) is 0 Å². The predicted octanol–water partition coefficient (Wildman–Crippen LogP) is 3.83. The van der Waals surface area contributed by atoms with Gasteiger partial charge in [-0.3, -0.25) is 4.31 Å². The summed E-state index contributed by atoms with van der Waals surface area (Å²) in [5.74, 6) is -0.0111. The number of methoxy groups -OCH3 is 1. The zero-order chi connectivity index (χ0) is 23.6. The van der Waals surface area contributed by atoms with Crippen molar-refractivity contribution in [3.8, 4) is 5.75 Å². The molecular weight excluding hydrogens is 442 g/mol. The van der Waals surface area contributed by atoms with Crippen LogP contribution in [0.2, 0.25) is 0 Å². The van der Waals surface area contributed by atoms with Gasteiger partial charge in [0.25, 0.3) is 10.0 Å². The van der Waals surface area contributed by atoms with Gasteiger partial charge in [0, 0.05) is 19.4 Å². The van der Waals surface area contributed by atoms with Crippen LogP contribution in [0.15, 0.2) is 78.0 Å². The maximum Gasteiger partial charge on any atom is 0.338 e. The molecule has 170 valence electrons. The Labute approximate surface area is 192 Å². The lowest BCUT2D eigenvalue weighted by molar-refractivity contribution is 0.0468. The standard InChI is InChI=1S/C24H23N3O5S/c1-17-6-5-13-27-15-19(25-23(17)27)16-32-24(28)18-7-4-8-22(14-18)33(29,30)26(2)20-9-11-21(31-3)12-10-20/h4-15H,16H2,1-3H3. The van der Waals surface area contributed by atoms with E-state index in [0.717, 1.165) is 15.5 Å². The fourth-order valence-electron chi connectivity index (χ4n) is 3.37. The molecule has 2 aromatic heterocycles. The molecule has 0 aliphatic heterocycles. The van der Waals surface area contributed by atoms with Gasteiger partial charge in [-0.1, -0.05) is 12.1 Å². The van der Waals surface area contributed by atoms with Crippen LogP contribution >= 0.6 is 0 Å². The predicted molar refractivity (Wildman–Crippen MR) is 124 cm³/mol. The van der Waals surface area contributed by atoms with E-state index in [0.29, 0.717) is 17.1 Å². The molecule has 2 heterocycles. The first-order valence-electron chi connectivity index (χ1n) is 10.1. The molecule has 0 saturated heterocycles. The van der Waals surface area contributed by atoms with E-state index in [2.05, 4.69) is 4.98 Å². The highest BCUT2D eigenvalue weighted by Crippen LogP contribution is 2.25. The molecule has 33 heavy (non-hydrogen) atoms. The number of hydrogen-bond donors (Lipinski definition) is 0. The van der Waals surface area contributed by atoms with Crippen molar-refractivity contribution < 1.29 is 22.7 Å². The molecule has 2 aromatic carbocycles. The number of esters is 1. The second kappa shape index (κ2) is 8.95. The molecule has 8 nitrogen and oxygen atoms in total. The molecule has 0 unspecified atom stereocenters. The van der Waals surface area contributed by atoms with E-state index in [1.807, 2.05) is 29.7 Å². The van der Waals surface area contributed by atoms with E-state index < -0.39 is 16.0 Å². The summed E-state index contributed by atoms with van der Waals surface area (Å²) in [6, 6.07) is 16.3. The number of pyridine rings is 1. The van der Waals surface area contributed by atoms with Crippen LogP contribution in [0, 0.1) is 6.92 Å². The minimum atomic E-state index is -3.89. The van der Waals surface area contributed by atoms with Crippen LogP contribution in [-0.2, 0) is 21.4 Å². The number of ether oxygens (including phenoxy) is 2. The monoisotopic (exact) mass is 465 g/mol. The normalized spacial score (nSPS) is 11.4. The highest BCUT2D eigenvalue weighted by atomic mass is 32.2. The van der Waals surface area contributed by atoms with Crippen LogP contribution < -0.4 is 9.04 Å². The van der Waals surface area contributed by atoms with Crippen LogP contribution in [0.25, 0.3) is 5.65 Å². The third-order valence-electron chi connectivity index (χ3n) is 5.24. The summed E-state index contributed by atoms with van der Waals surface area (Å²) in [6.45, 7) is 1.93. The Morgan fingerprint density at radius 1 is 1.09 bits per heavy atom. The van der Waals surface area contributed by atoms with E-state index >= 15 is 0 Å². The maximum absolute atomic E-state index is 13.1. The second-order valence-corrected chi connectivity index (χ2v) is 9.40. The smallest absolute Gasteiger partial charge is 0.338 e. The summed E-state index contributed by atoms with van der Waals surface area (Å²) in [6.07, 6.45) is 3.66. The van der Waals surface area contributed by atoms with Gasteiger partial charge in [-0.05, 0) is 61.0 Å². The zero-order valence-corrected chi connectivity index (χ0v) is 19.2. The molecule has 0 spiro atoms. The van der Waals surface area contributed by atoms with E-state index in [-0.39, 0.29) is 17.1 Å². The number of fused-ring (bicyclic) bond motifs is 1. The Morgan fingerprint density at radius 2 is 1.85 bits per heavy atom. The number of carbonyl (C=O) groups is 1. The van der Waals surface area contributed by atoms with Crippen molar-refractivity contribution in [1.82, 2.24) is 9.38 Å². The Hall–Kier alpha value is -3.85. The molecule has 4 aromatic rings. The Morgan fingerprint density at radius 3 is 2.55 bits per heavy atom. The van der Waals surface area contributed by atoms with Crippen LogP contribution in [0.4, 0.5) is 5.69 Å². The van der Waals surface area contributed by atoms with Gasteiger partial charge in [0.2, 0.25) is 0 Å². The summed E-state index contributed by atoms with van der Waals surface area (Å²) in [7, 11) is -0.898. The van der Waals surface area contributed by atoms with Gasteiger partial charge in [0.05, 0.1) is 29.0 Å². The second-order valence-electron chi connectivity index (χ2n) is 7.43. The van der Waals surface area contributed by atoms with Crippen molar-refractivity contribution in [3.63, 3.8) is 0 Å². The summed E-state index contributed by atoms with van der Waals surface area (Å²) in [5, 5.41) is 0. The number of aromatic nitrogens is 2. The van der Waals surface area contributed by atoms with Crippen LogP contribution in [0.3, 0.4) is 0 Å². The molecular formula is C24H23N3O5S. The van der Waals surface area contributed by atoms with Gasteiger partial charge in [-0.2, -0.15) is 0 Å². The van der Waals surface area contributed by atoms with E-state index in [1.54, 1.807) is 30.5 Å². The number of imidazole rings is 1. The fraction of sp³-hybridized carbons (Fsp3) is 0.167. The topological polar surface area (TPSA) is 90.2 Å². The minimum absolute atomic E-state index is 0.0152. The molecule has 9 heteroatoms. The number of rotatable bonds is 7. The average Bonchev–Trinajstić information content (AvgIpc) is 3.27. The van der Waals surface area contributed by atoms with E-state index in [9.17, 15) is 13.2 Å². The fourth-order valence-corrected chi connectivity index (χ4v) is 4.61. The third kappa shape index (κ3) is 4.54. The minimum Gasteiger partial charge on any atom is -0.497 e. The maximum atomic E-state index is 13.1. The van der Waals surface area contributed by atoms with Crippen molar-refractivity contribution in [1.29, 1.82) is 0 Å². The highest BCUT2D eigenvalue weighted by Gasteiger charge is 2.23. The molecule has 0 saturated carbocycles. The lowest BCUT2D eigenvalue weighted by Crippen LogP contribution is -2.26. The number of carbonyl (C=O) groups excluding carboxylic acids is 1. The molecule has 0 bridgehead atoms. The number of sulfonamides is 1. The lowest BCUT2D eigenvalue weighted by Gasteiger charge is -2.20.